The van der Waals surface area contributed by atoms with E-state index >= 15 is 0 Å². The molecule has 3 rings (SSSR count). The molecule has 1 aliphatic rings. The van der Waals surface area contributed by atoms with Gasteiger partial charge < -0.3 is 0 Å². The maximum absolute atomic E-state index is 4.82. The average molecular weight is 309 g/mol. The number of oxime groups is 1. The molecule has 0 unspecified atom stereocenters. The summed E-state index contributed by atoms with van der Waals surface area (Å²) >= 11 is 4.71. The third-order valence-electron chi connectivity index (χ3n) is 2.61. The molecule has 0 atom stereocenters. The van der Waals surface area contributed by atoms with Gasteiger partial charge in [0.25, 0.3) is 0 Å². The second-order valence-corrected chi connectivity index (χ2v) is 5.14. The summed E-state index contributed by atoms with van der Waals surface area (Å²) in [5, 5.41) is 6.34. The zero-order valence-corrected chi connectivity index (χ0v) is 11.2. The fourth-order valence-electron chi connectivity index (χ4n) is 1.80. The minimum atomic E-state index is 0.754. The topological polar surface area (TPSA) is 33.6 Å². The standard InChI is InChI=1S/C12H9BrN2OS/c13-11-3-1-2-9-5-4-8(6-10(9)11)7-12-14-16-17-15-12/h1-6H,7H2,(H,14,15). The van der Waals surface area contributed by atoms with Gasteiger partial charge in [-0.2, -0.15) is 0 Å². The van der Waals surface area contributed by atoms with Crippen LogP contribution in [0.1, 0.15) is 5.56 Å². The molecule has 3 nitrogen and oxygen atoms in total. The molecule has 2 aromatic carbocycles. The van der Waals surface area contributed by atoms with E-state index in [0.29, 0.717) is 0 Å². The van der Waals surface area contributed by atoms with Gasteiger partial charge in [-0.15, -0.1) is 0 Å². The predicted octanol–water partition coefficient (Wildman–Crippen LogP) is 3.64. The molecule has 2 aromatic rings. The lowest BCUT2D eigenvalue weighted by atomic mass is 10.0. The summed E-state index contributed by atoms with van der Waals surface area (Å²) in [6.45, 7) is 0. The number of nitrogens with zero attached hydrogens (tertiary/aromatic N) is 1. The van der Waals surface area contributed by atoms with Crippen LogP contribution in [0.3, 0.4) is 0 Å². The van der Waals surface area contributed by atoms with Crippen LogP contribution in [0.4, 0.5) is 0 Å². The molecule has 0 aliphatic carbocycles. The van der Waals surface area contributed by atoms with Crippen LogP contribution in [0.25, 0.3) is 10.8 Å². The lowest BCUT2D eigenvalue weighted by Gasteiger charge is -2.04. The van der Waals surface area contributed by atoms with Crippen LogP contribution < -0.4 is 4.72 Å². The molecule has 0 saturated carbocycles. The van der Waals surface area contributed by atoms with Crippen LogP contribution in [0.15, 0.2) is 46.0 Å². The monoisotopic (exact) mass is 308 g/mol. The minimum absolute atomic E-state index is 0.754. The number of hydrogen-bond donors (Lipinski definition) is 1. The number of benzene rings is 2. The van der Waals surface area contributed by atoms with E-state index < -0.39 is 0 Å². The second kappa shape index (κ2) is 4.58. The molecule has 17 heavy (non-hydrogen) atoms. The molecule has 0 aromatic heterocycles. The van der Waals surface area contributed by atoms with Crippen LogP contribution in [0.5, 0.6) is 0 Å². The highest BCUT2D eigenvalue weighted by Gasteiger charge is 2.09. The third kappa shape index (κ3) is 2.25. The van der Waals surface area contributed by atoms with E-state index in [1.165, 1.54) is 16.3 Å². The summed E-state index contributed by atoms with van der Waals surface area (Å²) in [7, 11) is 0. The number of amidine groups is 1. The Labute approximate surface area is 112 Å². The summed E-state index contributed by atoms with van der Waals surface area (Å²) < 4.78 is 8.94. The quantitative estimate of drug-likeness (QED) is 0.679. The Hall–Kier alpha value is -1.20. The van der Waals surface area contributed by atoms with Crippen molar-refractivity contribution in [3.05, 3.63) is 46.4 Å². The highest BCUT2D eigenvalue weighted by molar-refractivity contribution is 9.10. The summed E-state index contributed by atoms with van der Waals surface area (Å²) in [6.07, 6.45) is 0.754. The fraction of sp³-hybridized carbons (Fsp3) is 0.0833. The first-order valence-corrected chi connectivity index (χ1v) is 6.69. The maximum Gasteiger partial charge on any atom is 0.208 e. The first-order chi connectivity index (χ1) is 8.33. The van der Waals surface area contributed by atoms with Gasteiger partial charge >= 0.3 is 0 Å². The molecule has 1 heterocycles. The van der Waals surface area contributed by atoms with E-state index in [1.54, 1.807) is 0 Å². The average Bonchev–Trinajstić information content (AvgIpc) is 2.83. The Morgan fingerprint density at radius 2 is 2.24 bits per heavy atom. The Kier molecular flexibility index (Phi) is 2.94. The molecule has 86 valence electrons. The van der Waals surface area contributed by atoms with Crippen LogP contribution in [0.2, 0.25) is 0 Å². The predicted molar refractivity (Wildman–Crippen MR) is 74.6 cm³/mol. The van der Waals surface area contributed by atoms with Gasteiger partial charge in [-0.25, -0.2) is 0 Å². The van der Waals surface area contributed by atoms with Crippen LogP contribution >= 0.6 is 28.2 Å². The van der Waals surface area contributed by atoms with E-state index in [4.69, 9.17) is 4.28 Å². The molecule has 0 bridgehead atoms. The largest absolute Gasteiger partial charge is 0.297 e. The molecular weight excluding hydrogens is 300 g/mol. The van der Waals surface area contributed by atoms with Crippen molar-refractivity contribution in [2.75, 3.05) is 0 Å². The Bertz CT molecular complexity index is 600. The van der Waals surface area contributed by atoms with Gasteiger partial charge in [-0.05, 0) is 28.5 Å². The summed E-state index contributed by atoms with van der Waals surface area (Å²) in [5.41, 5.74) is 1.21. The Morgan fingerprint density at radius 3 is 3.06 bits per heavy atom. The van der Waals surface area contributed by atoms with Gasteiger partial charge in [-0.3, -0.25) is 9.01 Å². The highest BCUT2D eigenvalue weighted by Crippen LogP contribution is 2.25. The third-order valence-corrected chi connectivity index (χ3v) is 3.77. The van der Waals surface area contributed by atoms with E-state index in [1.807, 2.05) is 6.07 Å². The highest BCUT2D eigenvalue weighted by atomic mass is 79.9. The van der Waals surface area contributed by atoms with Gasteiger partial charge in [0.05, 0.1) is 0 Å². The Morgan fingerprint density at radius 1 is 1.29 bits per heavy atom. The first-order valence-electron chi connectivity index (χ1n) is 5.16. The van der Waals surface area contributed by atoms with Gasteiger partial charge in [0.15, 0.2) is 5.84 Å². The minimum Gasteiger partial charge on any atom is -0.297 e. The van der Waals surface area contributed by atoms with E-state index in [2.05, 4.69) is 56.1 Å². The van der Waals surface area contributed by atoms with Crippen molar-refractivity contribution in [3.8, 4) is 0 Å². The Balaban J connectivity index is 1.98. The number of nitrogens with one attached hydrogen (secondary N) is 1. The molecule has 0 saturated heterocycles. The van der Waals surface area contributed by atoms with E-state index in [-0.39, 0.29) is 0 Å². The molecule has 0 spiro atoms. The summed E-state index contributed by atoms with van der Waals surface area (Å²) in [5.74, 6) is 0.849. The number of hydrogen-bond acceptors (Lipinski definition) is 4. The molecule has 5 heteroatoms. The molecular formula is C12H9BrN2OS. The zero-order chi connectivity index (χ0) is 11.7. The normalized spacial score (nSPS) is 14.3. The maximum atomic E-state index is 4.82. The van der Waals surface area contributed by atoms with E-state index in [0.717, 1.165) is 29.0 Å². The number of halogens is 1. The molecule has 0 fully saturated rings. The molecule has 0 amide bonds. The summed E-state index contributed by atoms with van der Waals surface area (Å²) in [4.78, 5) is 0. The molecule has 1 N–H and O–H groups in total. The number of rotatable bonds is 2. The molecule has 0 radical (unpaired) electrons. The van der Waals surface area contributed by atoms with Crippen LogP contribution in [-0.4, -0.2) is 5.84 Å². The van der Waals surface area contributed by atoms with Gasteiger partial charge in [0.2, 0.25) is 12.2 Å². The van der Waals surface area contributed by atoms with Gasteiger partial charge in [0.1, 0.15) is 0 Å². The van der Waals surface area contributed by atoms with Crippen molar-refractivity contribution < 1.29 is 4.28 Å². The van der Waals surface area contributed by atoms with Crippen molar-refractivity contribution in [2.24, 2.45) is 5.16 Å². The van der Waals surface area contributed by atoms with Crippen molar-refractivity contribution in [3.63, 3.8) is 0 Å². The summed E-state index contributed by atoms with van der Waals surface area (Å²) in [6, 6.07) is 12.6. The van der Waals surface area contributed by atoms with Crippen molar-refractivity contribution in [1.29, 1.82) is 0 Å². The number of fused-ring (bicyclic) bond motifs is 1. The van der Waals surface area contributed by atoms with Crippen LogP contribution in [0, 0.1) is 0 Å². The lowest BCUT2D eigenvalue weighted by Crippen LogP contribution is -2.13. The lowest BCUT2D eigenvalue weighted by molar-refractivity contribution is 0.415. The first kappa shape index (κ1) is 10.9. The zero-order valence-electron chi connectivity index (χ0n) is 8.81. The fourth-order valence-corrected chi connectivity index (χ4v) is 2.67. The van der Waals surface area contributed by atoms with Crippen molar-refractivity contribution in [1.82, 2.24) is 4.72 Å². The second-order valence-electron chi connectivity index (χ2n) is 3.77. The smallest absolute Gasteiger partial charge is 0.208 e. The van der Waals surface area contributed by atoms with Crippen LogP contribution in [-0.2, 0) is 10.7 Å². The van der Waals surface area contributed by atoms with Gasteiger partial charge in [0, 0.05) is 10.9 Å². The molecule has 1 aliphatic heterocycles. The van der Waals surface area contributed by atoms with Gasteiger partial charge in [-0.1, -0.05) is 45.4 Å². The van der Waals surface area contributed by atoms with Crippen molar-refractivity contribution in [2.45, 2.75) is 6.42 Å². The van der Waals surface area contributed by atoms with E-state index in [9.17, 15) is 0 Å². The SMILES string of the molecule is Brc1cccc2ccc(CC3=NOSN3)cc12. The van der Waals surface area contributed by atoms with Crippen molar-refractivity contribution >= 4 is 44.8 Å².